The van der Waals surface area contributed by atoms with E-state index in [1.165, 1.54) is 0 Å². The number of hydrogen-bond donors (Lipinski definition) is 1. The lowest BCUT2D eigenvalue weighted by Gasteiger charge is -2.10. The summed E-state index contributed by atoms with van der Waals surface area (Å²) in [5.74, 6) is 0.823. The first-order valence-corrected chi connectivity index (χ1v) is 6.73. The molecule has 0 heterocycles. The van der Waals surface area contributed by atoms with Crippen molar-refractivity contribution in [2.45, 2.75) is 13.2 Å². The summed E-state index contributed by atoms with van der Waals surface area (Å²) in [5.41, 5.74) is 8.67. The minimum atomic E-state index is 0.474. The van der Waals surface area contributed by atoms with E-state index in [1.54, 1.807) is 7.11 Å². The Morgan fingerprint density at radius 2 is 1.89 bits per heavy atom. The molecule has 0 atom stereocenters. The van der Waals surface area contributed by atoms with E-state index < -0.39 is 0 Å². The molecular formula is C15H16BrNO2. The third-order valence-electron chi connectivity index (χ3n) is 2.71. The van der Waals surface area contributed by atoms with Crippen LogP contribution in [0.3, 0.4) is 0 Å². The quantitative estimate of drug-likeness (QED) is 0.853. The molecule has 100 valence electrons. The fourth-order valence-electron chi connectivity index (χ4n) is 1.76. The predicted molar refractivity (Wildman–Crippen MR) is 80.0 cm³/mol. The third-order valence-corrected chi connectivity index (χ3v) is 3.68. The molecule has 0 aliphatic heterocycles. The molecule has 2 aromatic carbocycles. The maximum atomic E-state index is 5.83. The van der Waals surface area contributed by atoms with Gasteiger partial charge in [-0.15, -0.1) is 0 Å². The van der Waals surface area contributed by atoms with Gasteiger partial charge in [0.05, 0.1) is 6.61 Å². The lowest BCUT2D eigenvalue weighted by molar-refractivity contribution is 0.184. The minimum absolute atomic E-state index is 0.474. The summed E-state index contributed by atoms with van der Waals surface area (Å²) in [6.07, 6.45) is 0. The summed E-state index contributed by atoms with van der Waals surface area (Å²) < 4.78 is 11.8. The number of halogens is 1. The van der Waals surface area contributed by atoms with Crippen molar-refractivity contribution < 1.29 is 9.47 Å². The van der Waals surface area contributed by atoms with Crippen LogP contribution in [0.5, 0.6) is 5.75 Å². The number of anilines is 1. The highest BCUT2D eigenvalue weighted by Gasteiger charge is 2.04. The molecule has 0 unspecified atom stereocenters. The van der Waals surface area contributed by atoms with Crippen LogP contribution in [0.2, 0.25) is 0 Å². The largest absolute Gasteiger partial charge is 0.489 e. The van der Waals surface area contributed by atoms with E-state index in [-0.39, 0.29) is 0 Å². The molecule has 0 saturated heterocycles. The summed E-state index contributed by atoms with van der Waals surface area (Å²) in [4.78, 5) is 0. The molecule has 3 nitrogen and oxygen atoms in total. The van der Waals surface area contributed by atoms with E-state index in [4.69, 9.17) is 15.2 Å². The van der Waals surface area contributed by atoms with Crippen LogP contribution < -0.4 is 10.5 Å². The molecule has 0 aromatic heterocycles. The Bertz CT molecular complexity index is 558. The zero-order valence-electron chi connectivity index (χ0n) is 10.7. The molecular weight excluding hydrogens is 306 g/mol. The first-order valence-electron chi connectivity index (χ1n) is 5.94. The van der Waals surface area contributed by atoms with Crippen LogP contribution in [0, 0.1) is 0 Å². The molecule has 2 rings (SSSR count). The predicted octanol–water partition coefficient (Wildman–Crippen LogP) is 3.76. The van der Waals surface area contributed by atoms with Gasteiger partial charge in [0.1, 0.15) is 12.4 Å². The molecule has 0 aliphatic rings. The van der Waals surface area contributed by atoms with Gasteiger partial charge in [-0.2, -0.15) is 0 Å². The van der Waals surface area contributed by atoms with Crippen molar-refractivity contribution in [3.8, 4) is 5.75 Å². The molecule has 19 heavy (non-hydrogen) atoms. The highest BCUT2D eigenvalue weighted by molar-refractivity contribution is 9.10. The van der Waals surface area contributed by atoms with Crippen LogP contribution in [0.15, 0.2) is 46.9 Å². The maximum absolute atomic E-state index is 5.83. The van der Waals surface area contributed by atoms with Gasteiger partial charge in [-0.05, 0) is 39.7 Å². The highest BCUT2D eigenvalue weighted by atomic mass is 79.9. The van der Waals surface area contributed by atoms with Crippen LogP contribution in [-0.4, -0.2) is 7.11 Å². The zero-order valence-corrected chi connectivity index (χ0v) is 12.3. The van der Waals surface area contributed by atoms with Gasteiger partial charge < -0.3 is 15.2 Å². The number of benzene rings is 2. The lowest BCUT2D eigenvalue weighted by Crippen LogP contribution is -1.99. The van der Waals surface area contributed by atoms with E-state index in [2.05, 4.69) is 15.9 Å². The number of nitrogen functional groups attached to an aromatic ring is 1. The van der Waals surface area contributed by atoms with Crippen LogP contribution in [0.4, 0.5) is 5.69 Å². The Kier molecular flexibility index (Phi) is 4.82. The maximum Gasteiger partial charge on any atom is 0.120 e. The summed E-state index contributed by atoms with van der Waals surface area (Å²) in [5, 5.41) is 0. The first kappa shape index (κ1) is 13.9. The summed E-state index contributed by atoms with van der Waals surface area (Å²) >= 11 is 3.47. The molecule has 0 saturated carbocycles. The number of rotatable bonds is 5. The molecule has 0 amide bonds. The molecule has 0 fully saturated rings. The van der Waals surface area contributed by atoms with E-state index in [9.17, 15) is 0 Å². The highest BCUT2D eigenvalue weighted by Crippen LogP contribution is 2.25. The van der Waals surface area contributed by atoms with Crippen LogP contribution >= 0.6 is 15.9 Å². The average Bonchev–Trinajstić information content (AvgIpc) is 2.41. The normalized spacial score (nSPS) is 10.4. The van der Waals surface area contributed by atoms with Crippen molar-refractivity contribution in [2.24, 2.45) is 0 Å². The number of hydrogen-bond acceptors (Lipinski definition) is 3. The van der Waals surface area contributed by atoms with Gasteiger partial charge in [-0.1, -0.05) is 24.3 Å². The van der Waals surface area contributed by atoms with Gasteiger partial charge in [0, 0.05) is 22.8 Å². The molecule has 2 N–H and O–H groups in total. The number of ether oxygens (including phenoxy) is 2. The van der Waals surface area contributed by atoms with Crippen LogP contribution in [-0.2, 0) is 18.0 Å². The minimum Gasteiger partial charge on any atom is -0.489 e. The van der Waals surface area contributed by atoms with Crippen molar-refractivity contribution >= 4 is 21.6 Å². The second-order valence-electron chi connectivity index (χ2n) is 4.19. The molecule has 0 bridgehead atoms. The molecule has 2 aromatic rings. The van der Waals surface area contributed by atoms with E-state index in [1.807, 2.05) is 42.5 Å². The smallest absolute Gasteiger partial charge is 0.120 e. The van der Waals surface area contributed by atoms with Crippen LogP contribution in [0.25, 0.3) is 0 Å². The summed E-state index contributed by atoms with van der Waals surface area (Å²) in [7, 11) is 1.68. The SMILES string of the molecule is COCc1cccc(OCc2cccc(N)c2Br)c1. The van der Waals surface area contributed by atoms with Gasteiger partial charge in [-0.3, -0.25) is 0 Å². The second kappa shape index (κ2) is 6.59. The Labute approximate surface area is 121 Å². The Balaban J connectivity index is 2.06. The van der Waals surface area contributed by atoms with Crippen molar-refractivity contribution in [3.05, 3.63) is 58.1 Å². The second-order valence-corrected chi connectivity index (χ2v) is 4.98. The van der Waals surface area contributed by atoms with E-state index >= 15 is 0 Å². The van der Waals surface area contributed by atoms with Gasteiger partial charge in [0.15, 0.2) is 0 Å². The summed E-state index contributed by atoms with van der Waals surface area (Å²) in [6, 6.07) is 13.6. The van der Waals surface area contributed by atoms with Crippen molar-refractivity contribution in [2.75, 3.05) is 12.8 Å². The van der Waals surface area contributed by atoms with Gasteiger partial charge >= 0.3 is 0 Å². The van der Waals surface area contributed by atoms with E-state index in [0.717, 1.165) is 21.3 Å². The standard InChI is InChI=1S/C15H16BrNO2/c1-18-9-11-4-2-6-13(8-11)19-10-12-5-3-7-14(17)15(12)16/h2-8H,9-10,17H2,1H3. The average molecular weight is 322 g/mol. The Morgan fingerprint density at radius 1 is 1.11 bits per heavy atom. The van der Waals surface area contributed by atoms with E-state index in [0.29, 0.717) is 18.9 Å². The van der Waals surface area contributed by atoms with Crippen LogP contribution in [0.1, 0.15) is 11.1 Å². The fourth-order valence-corrected chi connectivity index (χ4v) is 2.14. The van der Waals surface area contributed by atoms with Crippen molar-refractivity contribution in [3.63, 3.8) is 0 Å². The molecule has 0 spiro atoms. The third kappa shape index (κ3) is 3.72. The van der Waals surface area contributed by atoms with Gasteiger partial charge in [0.2, 0.25) is 0 Å². The number of methoxy groups -OCH3 is 1. The van der Waals surface area contributed by atoms with Gasteiger partial charge in [0.25, 0.3) is 0 Å². The fraction of sp³-hybridized carbons (Fsp3) is 0.200. The Morgan fingerprint density at radius 3 is 2.68 bits per heavy atom. The first-order chi connectivity index (χ1) is 9.20. The Hall–Kier alpha value is -1.52. The van der Waals surface area contributed by atoms with Gasteiger partial charge in [-0.25, -0.2) is 0 Å². The zero-order chi connectivity index (χ0) is 13.7. The monoisotopic (exact) mass is 321 g/mol. The lowest BCUT2D eigenvalue weighted by atomic mass is 10.2. The topological polar surface area (TPSA) is 44.5 Å². The molecule has 0 radical (unpaired) electrons. The van der Waals surface area contributed by atoms with Crippen molar-refractivity contribution in [1.82, 2.24) is 0 Å². The number of nitrogens with two attached hydrogens (primary N) is 1. The molecule has 0 aliphatic carbocycles. The molecule has 4 heteroatoms. The summed E-state index contributed by atoms with van der Waals surface area (Å²) in [6.45, 7) is 1.06. The van der Waals surface area contributed by atoms with Crippen molar-refractivity contribution in [1.29, 1.82) is 0 Å².